The summed E-state index contributed by atoms with van der Waals surface area (Å²) < 4.78 is 5.13. The van der Waals surface area contributed by atoms with Gasteiger partial charge in [-0.3, -0.25) is 14.4 Å². The van der Waals surface area contributed by atoms with E-state index in [0.717, 1.165) is 16.1 Å². The van der Waals surface area contributed by atoms with Crippen LogP contribution in [0.1, 0.15) is 12.0 Å². The van der Waals surface area contributed by atoms with E-state index in [4.69, 9.17) is 4.74 Å². The number of carbonyl (C=O) groups is 3. The maximum absolute atomic E-state index is 12.3. The molecule has 1 aliphatic rings. The number of nitrogens with one attached hydrogen (secondary N) is 1. The molecule has 1 atom stereocenters. The van der Waals surface area contributed by atoms with Crippen molar-refractivity contribution >= 4 is 40.9 Å². The van der Waals surface area contributed by atoms with E-state index in [0.29, 0.717) is 5.69 Å². The molecule has 7 heteroatoms. The lowest BCUT2D eigenvalue weighted by Gasteiger charge is -2.17. The van der Waals surface area contributed by atoms with Gasteiger partial charge in [0, 0.05) is 29.2 Å². The highest BCUT2D eigenvalue weighted by Gasteiger charge is 2.36. The molecule has 0 aliphatic carbocycles. The number of aryl methyl sites for hydroxylation is 1. The Kier molecular flexibility index (Phi) is 6.36. The molecule has 2 aromatic carbocycles. The molecule has 1 fully saturated rings. The average molecular weight is 398 g/mol. The first-order chi connectivity index (χ1) is 13.5. The number of esters is 1. The number of benzene rings is 2. The fourth-order valence-corrected chi connectivity index (χ4v) is 3.52. The fourth-order valence-electron chi connectivity index (χ4n) is 3.07. The number of amides is 2. The first-order valence-electron chi connectivity index (χ1n) is 8.94. The van der Waals surface area contributed by atoms with Gasteiger partial charge in [-0.25, -0.2) is 0 Å². The summed E-state index contributed by atoms with van der Waals surface area (Å²) >= 11 is 1.59. The lowest BCUT2D eigenvalue weighted by atomic mass is 10.1. The highest BCUT2D eigenvalue weighted by atomic mass is 32.2. The minimum Gasteiger partial charge on any atom is -0.455 e. The summed E-state index contributed by atoms with van der Waals surface area (Å²) in [5.41, 5.74) is 2.44. The average Bonchev–Trinajstić information content (AvgIpc) is 3.08. The van der Waals surface area contributed by atoms with Crippen LogP contribution >= 0.6 is 11.8 Å². The van der Waals surface area contributed by atoms with E-state index in [2.05, 4.69) is 5.32 Å². The Balaban J connectivity index is 1.53. The molecule has 0 radical (unpaired) electrons. The number of thioether (sulfide) groups is 1. The Hall–Kier alpha value is -2.80. The van der Waals surface area contributed by atoms with Crippen LogP contribution in [-0.2, 0) is 19.1 Å². The summed E-state index contributed by atoms with van der Waals surface area (Å²) in [5, 5.41) is 2.69. The lowest BCUT2D eigenvalue weighted by Crippen LogP contribution is -2.28. The van der Waals surface area contributed by atoms with Gasteiger partial charge in [0.05, 0.1) is 5.92 Å². The van der Waals surface area contributed by atoms with Gasteiger partial charge in [0.15, 0.2) is 6.61 Å². The molecule has 1 saturated heterocycles. The standard InChI is InChI=1S/C21H22N2O4S/c1-14-5-3-6-16(9-14)22-19(24)13-27-21(26)15-10-20(25)23(12-15)17-7-4-8-18(11-17)28-2/h3-9,11,15H,10,12-13H2,1-2H3,(H,22,24)/t15-/m1/s1. The van der Waals surface area contributed by atoms with Crippen LogP contribution in [0.5, 0.6) is 0 Å². The van der Waals surface area contributed by atoms with Gasteiger partial charge in [0.1, 0.15) is 0 Å². The van der Waals surface area contributed by atoms with E-state index in [1.165, 1.54) is 0 Å². The molecule has 1 aliphatic heterocycles. The third-order valence-electron chi connectivity index (χ3n) is 4.47. The van der Waals surface area contributed by atoms with Crippen molar-refractivity contribution in [3.8, 4) is 0 Å². The molecule has 6 nitrogen and oxygen atoms in total. The maximum Gasteiger partial charge on any atom is 0.311 e. The topological polar surface area (TPSA) is 75.7 Å². The molecule has 0 saturated carbocycles. The normalized spacial score (nSPS) is 16.1. The van der Waals surface area contributed by atoms with Crippen LogP contribution in [0.25, 0.3) is 0 Å². The van der Waals surface area contributed by atoms with E-state index < -0.39 is 17.8 Å². The molecule has 2 aromatic rings. The van der Waals surface area contributed by atoms with Crippen molar-refractivity contribution in [1.82, 2.24) is 0 Å². The van der Waals surface area contributed by atoms with Crippen LogP contribution in [0.15, 0.2) is 53.4 Å². The molecular weight excluding hydrogens is 376 g/mol. The fraction of sp³-hybridized carbons (Fsp3) is 0.286. The predicted molar refractivity (Wildman–Crippen MR) is 109 cm³/mol. The van der Waals surface area contributed by atoms with Gasteiger partial charge >= 0.3 is 5.97 Å². The number of carbonyl (C=O) groups excluding carboxylic acids is 3. The van der Waals surface area contributed by atoms with Crippen molar-refractivity contribution in [2.24, 2.45) is 5.92 Å². The van der Waals surface area contributed by atoms with Crippen molar-refractivity contribution in [2.45, 2.75) is 18.2 Å². The van der Waals surface area contributed by atoms with Crippen molar-refractivity contribution in [1.29, 1.82) is 0 Å². The van der Waals surface area contributed by atoms with Gasteiger partial charge in [0.2, 0.25) is 5.91 Å². The molecule has 2 amide bonds. The summed E-state index contributed by atoms with van der Waals surface area (Å²) in [7, 11) is 0. The zero-order chi connectivity index (χ0) is 20.1. The van der Waals surface area contributed by atoms with Gasteiger partial charge in [-0.2, -0.15) is 0 Å². The van der Waals surface area contributed by atoms with Gasteiger partial charge in [-0.05, 0) is 49.1 Å². The van der Waals surface area contributed by atoms with Crippen molar-refractivity contribution < 1.29 is 19.1 Å². The van der Waals surface area contributed by atoms with Crippen LogP contribution in [0.3, 0.4) is 0 Å². The summed E-state index contributed by atoms with van der Waals surface area (Å²) in [6.07, 6.45) is 2.05. The Morgan fingerprint density at radius 1 is 1.21 bits per heavy atom. The molecule has 146 valence electrons. The third-order valence-corrected chi connectivity index (χ3v) is 5.20. The molecular formula is C21H22N2O4S. The molecule has 0 bridgehead atoms. The number of rotatable bonds is 6. The number of hydrogen-bond acceptors (Lipinski definition) is 5. The monoisotopic (exact) mass is 398 g/mol. The van der Waals surface area contributed by atoms with Gasteiger partial charge in [0.25, 0.3) is 5.91 Å². The van der Waals surface area contributed by atoms with E-state index in [9.17, 15) is 14.4 Å². The quantitative estimate of drug-likeness (QED) is 0.597. The maximum atomic E-state index is 12.3. The summed E-state index contributed by atoms with van der Waals surface area (Å²) in [6, 6.07) is 15.0. The second kappa shape index (κ2) is 8.93. The van der Waals surface area contributed by atoms with Gasteiger partial charge < -0.3 is 15.0 Å². The van der Waals surface area contributed by atoms with Crippen molar-refractivity contribution in [2.75, 3.05) is 29.6 Å². The number of nitrogens with zero attached hydrogens (tertiary/aromatic N) is 1. The molecule has 0 aromatic heterocycles. The lowest BCUT2D eigenvalue weighted by molar-refractivity contribution is -0.151. The molecule has 28 heavy (non-hydrogen) atoms. The highest BCUT2D eigenvalue weighted by molar-refractivity contribution is 7.98. The molecule has 3 rings (SSSR count). The number of ether oxygens (including phenoxy) is 1. The van der Waals surface area contributed by atoms with E-state index >= 15 is 0 Å². The molecule has 1 N–H and O–H groups in total. The van der Waals surface area contributed by atoms with E-state index in [1.807, 2.05) is 55.6 Å². The SMILES string of the molecule is CSc1cccc(N2C[C@H](C(=O)OCC(=O)Nc3cccc(C)c3)CC2=O)c1. The minimum atomic E-state index is -0.572. The predicted octanol–water partition coefficient (Wildman–Crippen LogP) is 3.25. The Morgan fingerprint density at radius 2 is 2.00 bits per heavy atom. The largest absolute Gasteiger partial charge is 0.455 e. The summed E-state index contributed by atoms with van der Waals surface area (Å²) in [5.74, 6) is -1.63. The van der Waals surface area contributed by atoms with Crippen LogP contribution in [0.2, 0.25) is 0 Å². The summed E-state index contributed by atoms with van der Waals surface area (Å²) in [4.78, 5) is 39.3. The zero-order valence-corrected chi connectivity index (χ0v) is 16.6. The van der Waals surface area contributed by atoms with E-state index in [1.54, 1.807) is 22.7 Å². The van der Waals surface area contributed by atoms with Crippen LogP contribution in [0, 0.1) is 12.8 Å². The zero-order valence-electron chi connectivity index (χ0n) is 15.8. The highest BCUT2D eigenvalue weighted by Crippen LogP contribution is 2.28. The number of anilines is 2. The van der Waals surface area contributed by atoms with Crippen LogP contribution in [0.4, 0.5) is 11.4 Å². The van der Waals surface area contributed by atoms with Crippen molar-refractivity contribution in [3.05, 3.63) is 54.1 Å². The smallest absolute Gasteiger partial charge is 0.311 e. The Bertz CT molecular complexity index is 899. The summed E-state index contributed by atoms with van der Waals surface area (Å²) in [6.45, 7) is 1.81. The Labute approximate surface area is 168 Å². The molecule has 0 spiro atoms. The van der Waals surface area contributed by atoms with Crippen LogP contribution in [-0.4, -0.2) is 37.2 Å². The van der Waals surface area contributed by atoms with Gasteiger partial charge in [-0.15, -0.1) is 11.8 Å². The van der Waals surface area contributed by atoms with Gasteiger partial charge in [-0.1, -0.05) is 18.2 Å². The second-order valence-electron chi connectivity index (χ2n) is 6.63. The first kappa shape index (κ1) is 19.9. The second-order valence-corrected chi connectivity index (χ2v) is 7.51. The molecule has 1 heterocycles. The molecule has 0 unspecified atom stereocenters. The minimum absolute atomic E-state index is 0.0851. The van der Waals surface area contributed by atoms with Crippen molar-refractivity contribution in [3.63, 3.8) is 0 Å². The van der Waals surface area contributed by atoms with E-state index in [-0.39, 0.29) is 25.5 Å². The third kappa shape index (κ3) is 4.92. The first-order valence-corrected chi connectivity index (χ1v) is 10.2. The van der Waals surface area contributed by atoms with Crippen LogP contribution < -0.4 is 10.2 Å². The Morgan fingerprint density at radius 3 is 2.75 bits per heavy atom. The number of hydrogen-bond donors (Lipinski definition) is 1.